The molecule has 0 spiro atoms. The first-order valence-electron chi connectivity index (χ1n) is 12.4. The molecular weight excluding hydrogens is 490 g/mol. The average Bonchev–Trinajstić information content (AvgIpc) is 3.50. The molecule has 1 unspecified atom stereocenters. The average molecular weight is 522 g/mol. The third-order valence-corrected chi connectivity index (χ3v) is 7.05. The van der Waals surface area contributed by atoms with E-state index >= 15 is 0 Å². The fourth-order valence-corrected chi connectivity index (χ4v) is 5.04. The van der Waals surface area contributed by atoms with Gasteiger partial charge in [0.05, 0.1) is 31.4 Å². The van der Waals surface area contributed by atoms with Gasteiger partial charge < -0.3 is 24.6 Å². The quantitative estimate of drug-likeness (QED) is 0.138. The Bertz CT molecular complexity index is 1270. The molecule has 1 fully saturated rings. The van der Waals surface area contributed by atoms with Crippen molar-refractivity contribution in [1.82, 2.24) is 4.90 Å². The van der Waals surface area contributed by atoms with Gasteiger partial charge in [-0.05, 0) is 66.8 Å². The van der Waals surface area contributed by atoms with Crippen LogP contribution in [0.15, 0.2) is 65.6 Å². The predicted octanol–water partition coefficient (Wildman–Crippen LogP) is 6.04. The molecule has 1 amide bonds. The molecule has 2 N–H and O–H groups in total. The normalized spacial score (nSPS) is 16.8. The third-order valence-electron chi connectivity index (χ3n) is 6.19. The lowest BCUT2D eigenvalue weighted by Crippen LogP contribution is -2.28. The van der Waals surface area contributed by atoms with E-state index in [9.17, 15) is 19.8 Å². The van der Waals surface area contributed by atoms with Crippen LogP contribution >= 0.6 is 11.3 Å². The molecule has 1 atom stereocenters. The molecule has 2 heterocycles. The molecule has 2 aromatic carbocycles. The lowest BCUT2D eigenvalue weighted by atomic mass is 9.95. The number of ether oxygens (including phenoxy) is 2. The largest absolute Gasteiger partial charge is 0.507 e. The highest BCUT2D eigenvalue weighted by molar-refractivity contribution is 7.09. The minimum atomic E-state index is -0.855. The van der Waals surface area contributed by atoms with E-state index in [1.165, 1.54) is 22.3 Å². The summed E-state index contributed by atoms with van der Waals surface area (Å²) in [7, 11) is 0. The van der Waals surface area contributed by atoms with E-state index in [-0.39, 0.29) is 29.4 Å². The highest BCUT2D eigenvalue weighted by atomic mass is 32.1. The number of Topliss-reactive ketones (excluding diaryl/α,β-unsaturated/α-hetero) is 1. The van der Waals surface area contributed by atoms with Gasteiger partial charge in [0, 0.05) is 10.4 Å². The van der Waals surface area contributed by atoms with E-state index < -0.39 is 17.7 Å². The minimum absolute atomic E-state index is 0.00805. The number of nitrogens with zero attached hydrogens (tertiary/aromatic N) is 1. The summed E-state index contributed by atoms with van der Waals surface area (Å²) in [5.74, 6) is -0.851. The van der Waals surface area contributed by atoms with Crippen molar-refractivity contribution in [1.29, 1.82) is 0 Å². The number of aliphatic hydroxyl groups excluding tert-OH is 1. The monoisotopic (exact) mass is 521 g/mol. The maximum Gasteiger partial charge on any atom is 0.295 e. The van der Waals surface area contributed by atoms with Gasteiger partial charge in [-0.25, -0.2) is 0 Å². The van der Waals surface area contributed by atoms with Crippen molar-refractivity contribution >= 4 is 28.8 Å². The predicted molar refractivity (Wildman–Crippen MR) is 143 cm³/mol. The summed E-state index contributed by atoms with van der Waals surface area (Å²) in [6.07, 6.45) is 3.16. The van der Waals surface area contributed by atoms with Crippen LogP contribution in [0.2, 0.25) is 0 Å². The van der Waals surface area contributed by atoms with Crippen LogP contribution in [0.25, 0.3) is 5.76 Å². The van der Waals surface area contributed by atoms with Gasteiger partial charge in [-0.2, -0.15) is 0 Å². The number of phenolic OH excluding ortho intramolecular Hbond substituents is 1. The van der Waals surface area contributed by atoms with Crippen molar-refractivity contribution in [2.24, 2.45) is 0 Å². The zero-order chi connectivity index (χ0) is 26.4. The van der Waals surface area contributed by atoms with E-state index in [1.807, 2.05) is 17.5 Å². The Morgan fingerprint density at radius 2 is 1.81 bits per heavy atom. The number of unbranched alkanes of at least 4 members (excludes halogenated alkanes) is 2. The molecule has 0 aliphatic carbocycles. The number of aromatic hydroxyl groups is 1. The van der Waals surface area contributed by atoms with Crippen LogP contribution < -0.4 is 9.47 Å². The van der Waals surface area contributed by atoms with Gasteiger partial charge in [-0.3, -0.25) is 9.59 Å². The van der Waals surface area contributed by atoms with Gasteiger partial charge >= 0.3 is 0 Å². The summed E-state index contributed by atoms with van der Waals surface area (Å²) in [4.78, 5) is 28.8. The van der Waals surface area contributed by atoms with Crippen molar-refractivity contribution in [3.05, 3.63) is 81.6 Å². The smallest absolute Gasteiger partial charge is 0.295 e. The molecule has 194 valence electrons. The molecule has 1 saturated heterocycles. The molecule has 8 heteroatoms. The van der Waals surface area contributed by atoms with Crippen LogP contribution in [0.1, 0.15) is 55.2 Å². The minimum Gasteiger partial charge on any atom is -0.507 e. The second kappa shape index (κ2) is 12.0. The van der Waals surface area contributed by atoms with Crippen LogP contribution in [0.5, 0.6) is 17.2 Å². The molecule has 1 aromatic heterocycles. The summed E-state index contributed by atoms with van der Waals surface area (Å²) < 4.78 is 11.3. The fraction of sp³-hybridized carbons (Fsp3) is 0.310. The summed E-state index contributed by atoms with van der Waals surface area (Å²) in [6, 6.07) is 14.5. The number of thiophene rings is 1. The van der Waals surface area contributed by atoms with Gasteiger partial charge in [0.1, 0.15) is 11.5 Å². The Kier molecular flexibility index (Phi) is 8.50. The van der Waals surface area contributed by atoms with Gasteiger partial charge in [-0.15, -0.1) is 11.3 Å². The summed E-state index contributed by atoms with van der Waals surface area (Å²) in [5.41, 5.74) is 0.949. The van der Waals surface area contributed by atoms with E-state index in [4.69, 9.17) is 9.47 Å². The number of carbonyl (C=O) groups excluding carboxylic acids is 2. The molecule has 0 radical (unpaired) electrons. The number of hydrogen-bond donors (Lipinski definition) is 2. The van der Waals surface area contributed by atoms with E-state index in [0.29, 0.717) is 30.1 Å². The number of ketones is 1. The Morgan fingerprint density at radius 1 is 1.03 bits per heavy atom. The molecule has 1 aliphatic heterocycles. The van der Waals surface area contributed by atoms with Crippen molar-refractivity contribution < 1.29 is 29.3 Å². The zero-order valence-corrected chi connectivity index (χ0v) is 21.8. The highest BCUT2D eigenvalue weighted by Gasteiger charge is 2.46. The first-order valence-corrected chi connectivity index (χ1v) is 13.3. The molecule has 0 bridgehead atoms. The molecule has 7 nitrogen and oxygen atoms in total. The first kappa shape index (κ1) is 26.3. The highest BCUT2D eigenvalue weighted by Crippen LogP contribution is 2.43. The number of amides is 1. The molecular formula is C29H31NO6S. The summed E-state index contributed by atoms with van der Waals surface area (Å²) in [6.45, 7) is 5.07. The van der Waals surface area contributed by atoms with Crippen LogP contribution in [0.3, 0.4) is 0 Å². The standard InChI is InChI=1S/C29H31NO6S/c1-3-5-6-15-36-21-12-9-19(10-13-21)27(32)25-26(20-11-14-23(31)24(17-20)35-4-2)30(29(34)28(25)33)18-22-8-7-16-37-22/h7-14,16-17,26,31-32H,3-6,15,18H2,1-2H3/b27-25-. The molecule has 1 aliphatic rings. The maximum absolute atomic E-state index is 13.3. The molecule has 37 heavy (non-hydrogen) atoms. The molecule has 3 aromatic rings. The number of phenols is 1. The number of rotatable bonds is 11. The second-order valence-corrected chi connectivity index (χ2v) is 9.78. The zero-order valence-electron chi connectivity index (χ0n) is 21.0. The third kappa shape index (κ3) is 5.80. The van der Waals surface area contributed by atoms with Crippen molar-refractivity contribution in [2.45, 2.75) is 45.7 Å². The van der Waals surface area contributed by atoms with Gasteiger partial charge in [0.15, 0.2) is 11.5 Å². The number of benzene rings is 2. The maximum atomic E-state index is 13.3. The summed E-state index contributed by atoms with van der Waals surface area (Å²) in [5, 5.41) is 23.4. The van der Waals surface area contributed by atoms with E-state index in [0.717, 1.165) is 24.1 Å². The number of aliphatic hydroxyl groups is 1. The Balaban J connectivity index is 1.73. The molecule has 0 saturated carbocycles. The number of carbonyl (C=O) groups is 2. The van der Waals surface area contributed by atoms with Crippen LogP contribution in [0.4, 0.5) is 0 Å². The number of hydrogen-bond acceptors (Lipinski definition) is 7. The molecule has 4 rings (SSSR count). The Morgan fingerprint density at radius 3 is 2.49 bits per heavy atom. The van der Waals surface area contributed by atoms with Crippen LogP contribution in [-0.4, -0.2) is 40.0 Å². The first-order chi connectivity index (χ1) is 17.9. The Hall–Kier alpha value is -3.78. The van der Waals surface area contributed by atoms with Crippen LogP contribution in [-0.2, 0) is 16.1 Å². The topological polar surface area (TPSA) is 96.3 Å². The second-order valence-electron chi connectivity index (χ2n) is 8.75. The fourth-order valence-electron chi connectivity index (χ4n) is 4.34. The lowest BCUT2D eigenvalue weighted by molar-refractivity contribution is -0.140. The van der Waals surface area contributed by atoms with E-state index in [1.54, 1.807) is 43.3 Å². The lowest BCUT2D eigenvalue weighted by Gasteiger charge is -2.25. The Labute approximate surface area is 220 Å². The SMILES string of the molecule is CCCCCOc1ccc(/C(O)=C2/C(=O)C(=O)N(Cc3cccs3)C2c2ccc(O)c(OCC)c2)cc1. The van der Waals surface area contributed by atoms with Crippen molar-refractivity contribution in [3.63, 3.8) is 0 Å². The van der Waals surface area contributed by atoms with Crippen molar-refractivity contribution in [2.75, 3.05) is 13.2 Å². The van der Waals surface area contributed by atoms with Gasteiger partial charge in [-0.1, -0.05) is 31.9 Å². The van der Waals surface area contributed by atoms with Crippen LogP contribution in [0, 0.1) is 0 Å². The van der Waals surface area contributed by atoms with Gasteiger partial charge in [0.2, 0.25) is 0 Å². The summed E-state index contributed by atoms with van der Waals surface area (Å²) >= 11 is 1.48. The van der Waals surface area contributed by atoms with E-state index in [2.05, 4.69) is 6.92 Å². The van der Waals surface area contributed by atoms with Gasteiger partial charge in [0.25, 0.3) is 11.7 Å². The number of likely N-dealkylation sites (tertiary alicyclic amines) is 1. The van der Waals surface area contributed by atoms with Crippen molar-refractivity contribution in [3.8, 4) is 17.2 Å².